The first-order chi connectivity index (χ1) is 13.0. The van der Waals surface area contributed by atoms with Crippen LogP contribution in [0.15, 0.2) is 48.5 Å². The lowest BCUT2D eigenvalue weighted by atomic mass is 10.1. The highest BCUT2D eigenvalue weighted by Gasteiger charge is 2.43. The molecule has 0 saturated carbocycles. The molecule has 0 bridgehead atoms. The molecule has 2 saturated heterocycles. The zero-order valence-electron chi connectivity index (χ0n) is 15.3. The second kappa shape index (κ2) is 7.33. The lowest BCUT2D eigenvalue weighted by Crippen LogP contribution is -2.52. The van der Waals surface area contributed by atoms with E-state index in [1.54, 1.807) is 0 Å². The van der Waals surface area contributed by atoms with Gasteiger partial charge < -0.3 is 4.90 Å². The van der Waals surface area contributed by atoms with Crippen LogP contribution in [0.1, 0.15) is 12.0 Å². The molecule has 140 valence electrons. The van der Waals surface area contributed by atoms with Crippen molar-refractivity contribution in [3.05, 3.63) is 59.1 Å². The predicted octanol–water partition coefficient (Wildman–Crippen LogP) is 3.10. The van der Waals surface area contributed by atoms with E-state index in [0.29, 0.717) is 5.69 Å². The molecule has 0 N–H and O–H groups in total. The van der Waals surface area contributed by atoms with Crippen molar-refractivity contribution in [3.63, 3.8) is 0 Å². The van der Waals surface area contributed by atoms with Crippen LogP contribution in [0, 0.1) is 6.92 Å². The van der Waals surface area contributed by atoms with Crippen LogP contribution in [0.25, 0.3) is 0 Å². The molecule has 2 aliphatic heterocycles. The van der Waals surface area contributed by atoms with Crippen molar-refractivity contribution in [3.8, 4) is 0 Å². The average molecular weight is 384 g/mol. The lowest BCUT2D eigenvalue weighted by Gasteiger charge is -2.38. The number of carbonyl (C=O) groups excluding carboxylic acids is 2. The van der Waals surface area contributed by atoms with Gasteiger partial charge in [-0.25, -0.2) is 4.90 Å². The first kappa shape index (κ1) is 18.0. The van der Waals surface area contributed by atoms with Gasteiger partial charge in [-0.3, -0.25) is 14.5 Å². The van der Waals surface area contributed by atoms with Crippen molar-refractivity contribution in [1.29, 1.82) is 0 Å². The molecule has 1 atom stereocenters. The molecule has 2 aromatic carbocycles. The molecule has 0 aromatic heterocycles. The molecular formula is C21H22ClN3O2. The van der Waals surface area contributed by atoms with Gasteiger partial charge in [-0.2, -0.15) is 0 Å². The molecule has 0 spiro atoms. The molecular weight excluding hydrogens is 362 g/mol. The standard InChI is InChI=1S/C21H22ClN3O2/c1-15-3-2-4-18(13-15)25-20(26)14-19(21(25)27)24-11-9-23(10-12-24)17-7-5-16(22)6-8-17/h2-8,13,19H,9-12,14H2,1H3/t19-/m1/s1. The summed E-state index contributed by atoms with van der Waals surface area (Å²) in [6, 6.07) is 15.0. The van der Waals surface area contributed by atoms with Crippen LogP contribution in [0.5, 0.6) is 0 Å². The summed E-state index contributed by atoms with van der Waals surface area (Å²) >= 11 is 5.96. The number of carbonyl (C=O) groups is 2. The van der Waals surface area contributed by atoms with E-state index >= 15 is 0 Å². The third-order valence-electron chi connectivity index (χ3n) is 5.33. The highest BCUT2D eigenvalue weighted by Crippen LogP contribution is 2.28. The third-order valence-corrected chi connectivity index (χ3v) is 5.58. The van der Waals surface area contributed by atoms with Gasteiger partial charge in [0.25, 0.3) is 5.91 Å². The minimum atomic E-state index is -0.356. The molecule has 0 aliphatic carbocycles. The summed E-state index contributed by atoms with van der Waals surface area (Å²) in [4.78, 5) is 31.2. The van der Waals surface area contributed by atoms with E-state index in [4.69, 9.17) is 11.6 Å². The van der Waals surface area contributed by atoms with Crippen molar-refractivity contribution in [1.82, 2.24) is 4.90 Å². The first-order valence-corrected chi connectivity index (χ1v) is 9.59. The lowest BCUT2D eigenvalue weighted by molar-refractivity contribution is -0.123. The molecule has 2 fully saturated rings. The first-order valence-electron chi connectivity index (χ1n) is 9.21. The van der Waals surface area contributed by atoms with Crippen molar-refractivity contribution < 1.29 is 9.59 Å². The van der Waals surface area contributed by atoms with E-state index < -0.39 is 0 Å². The van der Waals surface area contributed by atoms with Gasteiger partial charge in [0.05, 0.1) is 18.2 Å². The fourth-order valence-corrected chi connectivity index (χ4v) is 4.01. The van der Waals surface area contributed by atoms with Crippen LogP contribution >= 0.6 is 11.6 Å². The number of hydrogen-bond acceptors (Lipinski definition) is 4. The molecule has 5 nitrogen and oxygen atoms in total. The maximum absolute atomic E-state index is 13.0. The number of piperazine rings is 1. The van der Waals surface area contributed by atoms with Gasteiger partial charge in [0.1, 0.15) is 0 Å². The largest absolute Gasteiger partial charge is 0.369 e. The smallest absolute Gasteiger partial charge is 0.251 e. The van der Waals surface area contributed by atoms with E-state index in [1.807, 2.05) is 55.5 Å². The van der Waals surface area contributed by atoms with E-state index in [2.05, 4.69) is 9.80 Å². The predicted molar refractivity (Wildman–Crippen MR) is 107 cm³/mol. The quantitative estimate of drug-likeness (QED) is 0.764. The topological polar surface area (TPSA) is 43.9 Å². The second-order valence-corrected chi connectivity index (χ2v) is 7.56. The number of hydrogen-bond donors (Lipinski definition) is 0. The van der Waals surface area contributed by atoms with Crippen molar-refractivity contribution in [2.24, 2.45) is 0 Å². The number of anilines is 2. The van der Waals surface area contributed by atoms with Crippen molar-refractivity contribution >= 4 is 34.8 Å². The zero-order valence-corrected chi connectivity index (χ0v) is 16.0. The summed E-state index contributed by atoms with van der Waals surface area (Å²) in [5, 5.41) is 0.726. The summed E-state index contributed by atoms with van der Waals surface area (Å²) in [5.41, 5.74) is 2.84. The number of imide groups is 1. The van der Waals surface area contributed by atoms with Gasteiger partial charge in [-0.1, -0.05) is 23.7 Å². The Balaban J connectivity index is 1.44. The van der Waals surface area contributed by atoms with Gasteiger partial charge >= 0.3 is 0 Å². The Kier molecular flexibility index (Phi) is 4.89. The second-order valence-electron chi connectivity index (χ2n) is 7.13. The van der Waals surface area contributed by atoms with E-state index in [-0.39, 0.29) is 24.3 Å². The summed E-state index contributed by atoms with van der Waals surface area (Å²) < 4.78 is 0. The Bertz CT molecular complexity index is 860. The molecule has 2 aromatic rings. The van der Waals surface area contributed by atoms with E-state index in [0.717, 1.165) is 42.5 Å². The normalized spacial score (nSPS) is 21.2. The molecule has 2 heterocycles. The summed E-state index contributed by atoms with van der Waals surface area (Å²) in [5.74, 6) is -0.221. The fourth-order valence-electron chi connectivity index (χ4n) is 3.88. The molecule has 0 radical (unpaired) electrons. The number of aryl methyl sites for hydroxylation is 1. The Morgan fingerprint density at radius 2 is 1.63 bits per heavy atom. The van der Waals surface area contributed by atoms with Crippen LogP contribution in [0.2, 0.25) is 5.02 Å². The number of benzene rings is 2. The number of halogens is 1. The van der Waals surface area contributed by atoms with Gasteiger partial charge in [0.2, 0.25) is 5.91 Å². The Hall–Kier alpha value is -2.37. The number of rotatable bonds is 3. The molecule has 4 rings (SSSR count). The van der Waals surface area contributed by atoms with Crippen LogP contribution in [-0.2, 0) is 9.59 Å². The Labute approximate surface area is 164 Å². The van der Waals surface area contributed by atoms with Crippen LogP contribution < -0.4 is 9.80 Å². The maximum Gasteiger partial charge on any atom is 0.251 e. The van der Waals surface area contributed by atoms with Gasteiger partial charge in [0, 0.05) is 36.9 Å². The zero-order chi connectivity index (χ0) is 19.0. The van der Waals surface area contributed by atoms with Crippen LogP contribution in [-0.4, -0.2) is 48.9 Å². The fraction of sp³-hybridized carbons (Fsp3) is 0.333. The minimum Gasteiger partial charge on any atom is -0.369 e. The summed E-state index contributed by atoms with van der Waals surface area (Å²) in [6.07, 6.45) is 0.258. The monoisotopic (exact) mass is 383 g/mol. The van der Waals surface area contributed by atoms with Crippen LogP contribution in [0.4, 0.5) is 11.4 Å². The van der Waals surface area contributed by atoms with Crippen molar-refractivity contribution in [2.75, 3.05) is 36.0 Å². The van der Waals surface area contributed by atoms with Crippen LogP contribution in [0.3, 0.4) is 0 Å². The number of nitrogens with zero attached hydrogens (tertiary/aromatic N) is 3. The highest BCUT2D eigenvalue weighted by molar-refractivity contribution is 6.30. The molecule has 0 unspecified atom stereocenters. The molecule has 2 amide bonds. The van der Waals surface area contributed by atoms with E-state index in [1.165, 1.54) is 4.90 Å². The average Bonchev–Trinajstić information content (AvgIpc) is 2.97. The molecule has 6 heteroatoms. The maximum atomic E-state index is 13.0. The number of amides is 2. The molecule has 27 heavy (non-hydrogen) atoms. The highest BCUT2D eigenvalue weighted by atomic mass is 35.5. The third kappa shape index (κ3) is 3.57. The summed E-state index contributed by atoms with van der Waals surface area (Å²) in [7, 11) is 0. The summed E-state index contributed by atoms with van der Waals surface area (Å²) in [6.45, 7) is 5.12. The Morgan fingerprint density at radius 1 is 0.926 bits per heavy atom. The Morgan fingerprint density at radius 3 is 2.30 bits per heavy atom. The SMILES string of the molecule is Cc1cccc(N2C(=O)C[C@@H](N3CCN(c4ccc(Cl)cc4)CC3)C2=O)c1. The van der Waals surface area contributed by atoms with Gasteiger partial charge in [-0.05, 0) is 48.9 Å². The minimum absolute atomic E-state index is 0.106. The van der Waals surface area contributed by atoms with E-state index in [9.17, 15) is 9.59 Å². The van der Waals surface area contributed by atoms with Crippen molar-refractivity contribution in [2.45, 2.75) is 19.4 Å². The molecule has 2 aliphatic rings. The van der Waals surface area contributed by atoms with Gasteiger partial charge in [0.15, 0.2) is 0 Å². The van der Waals surface area contributed by atoms with Gasteiger partial charge in [-0.15, -0.1) is 0 Å².